The van der Waals surface area contributed by atoms with E-state index < -0.39 is 0 Å². The van der Waals surface area contributed by atoms with Crippen LogP contribution in [0.25, 0.3) is 16.5 Å². The minimum Gasteiger partial charge on any atom is -0.368 e. The number of thioether (sulfide) groups is 1. The average Bonchev–Trinajstić information content (AvgIpc) is 3.08. The Kier molecular flexibility index (Phi) is 4.76. The highest BCUT2D eigenvalue weighted by Crippen LogP contribution is 2.25. The molecule has 0 aliphatic rings. The van der Waals surface area contributed by atoms with Gasteiger partial charge in [0.1, 0.15) is 0 Å². The number of benzene rings is 3. The summed E-state index contributed by atoms with van der Waals surface area (Å²) in [5.41, 5.74) is 7.59. The second-order valence-electron chi connectivity index (χ2n) is 5.88. The summed E-state index contributed by atoms with van der Waals surface area (Å²) in [6, 6.07) is 23.4. The van der Waals surface area contributed by atoms with Crippen molar-refractivity contribution in [3.63, 3.8) is 0 Å². The summed E-state index contributed by atoms with van der Waals surface area (Å²) in [5, 5.41) is 13.7. The molecule has 7 heteroatoms. The summed E-state index contributed by atoms with van der Waals surface area (Å²) in [6.45, 7) is 0. The van der Waals surface area contributed by atoms with E-state index in [0.717, 1.165) is 22.1 Å². The SMILES string of the molecule is Nc1nnc(SCC(=O)Nc2cccc3ccccc23)n1-c1ccccc1. The molecule has 0 bridgehead atoms. The number of hydrogen-bond acceptors (Lipinski definition) is 5. The molecule has 4 rings (SSSR count). The van der Waals surface area contributed by atoms with Crippen LogP contribution < -0.4 is 11.1 Å². The van der Waals surface area contributed by atoms with E-state index in [1.165, 1.54) is 11.8 Å². The number of rotatable bonds is 5. The molecule has 0 saturated carbocycles. The summed E-state index contributed by atoms with van der Waals surface area (Å²) >= 11 is 1.29. The first kappa shape index (κ1) is 17.1. The maximum atomic E-state index is 12.5. The first-order valence-corrected chi connectivity index (χ1v) is 9.37. The predicted molar refractivity (Wildman–Crippen MR) is 109 cm³/mol. The van der Waals surface area contributed by atoms with Crippen molar-refractivity contribution in [2.45, 2.75) is 5.16 Å². The molecule has 0 atom stereocenters. The summed E-state index contributed by atoms with van der Waals surface area (Å²) in [4.78, 5) is 12.5. The van der Waals surface area contributed by atoms with Gasteiger partial charge in [0.05, 0.1) is 11.4 Å². The fourth-order valence-corrected chi connectivity index (χ4v) is 3.60. The number of carbonyl (C=O) groups is 1. The Morgan fingerprint density at radius 3 is 2.56 bits per heavy atom. The number of nitrogens with zero attached hydrogens (tertiary/aromatic N) is 3. The van der Waals surface area contributed by atoms with Crippen molar-refractivity contribution in [3.8, 4) is 5.69 Å². The number of aromatic nitrogens is 3. The van der Waals surface area contributed by atoms with Crippen molar-refractivity contribution < 1.29 is 4.79 Å². The monoisotopic (exact) mass is 375 g/mol. The van der Waals surface area contributed by atoms with Crippen LogP contribution in [-0.2, 0) is 4.79 Å². The van der Waals surface area contributed by atoms with E-state index in [1.807, 2.05) is 72.8 Å². The number of amides is 1. The molecule has 134 valence electrons. The molecule has 1 amide bonds. The lowest BCUT2D eigenvalue weighted by Crippen LogP contribution is -2.15. The van der Waals surface area contributed by atoms with Gasteiger partial charge in [-0.05, 0) is 23.6 Å². The van der Waals surface area contributed by atoms with Crippen LogP contribution in [0.4, 0.5) is 11.6 Å². The number of nitrogens with one attached hydrogen (secondary N) is 1. The lowest BCUT2D eigenvalue weighted by Gasteiger charge is -2.09. The van der Waals surface area contributed by atoms with E-state index in [0.29, 0.717) is 5.16 Å². The molecule has 3 N–H and O–H groups in total. The molecule has 0 aliphatic carbocycles. The summed E-state index contributed by atoms with van der Waals surface area (Å²) in [7, 11) is 0. The molecule has 1 aromatic heterocycles. The lowest BCUT2D eigenvalue weighted by molar-refractivity contribution is -0.113. The van der Waals surface area contributed by atoms with Crippen molar-refractivity contribution >= 4 is 40.1 Å². The van der Waals surface area contributed by atoms with Gasteiger partial charge in [-0.2, -0.15) is 0 Å². The van der Waals surface area contributed by atoms with E-state index in [2.05, 4.69) is 15.5 Å². The lowest BCUT2D eigenvalue weighted by atomic mass is 10.1. The average molecular weight is 375 g/mol. The number of fused-ring (bicyclic) bond motifs is 1. The van der Waals surface area contributed by atoms with Crippen molar-refractivity contribution in [2.75, 3.05) is 16.8 Å². The van der Waals surface area contributed by atoms with E-state index >= 15 is 0 Å². The van der Waals surface area contributed by atoms with Crippen LogP contribution in [0.1, 0.15) is 0 Å². The van der Waals surface area contributed by atoms with Gasteiger partial charge in [-0.1, -0.05) is 66.4 Å². The third kappa shape index (κ3) is 3.63. The normalized spacial score (nSPS) is 10.8. The molecule has 1 heterocycles. The fourth-order valence-electron chi connectivity index (χ4n) is 2.85. The highest BCUT2D eigenvalue weighted by molar-refractivity contribution is 7.99. The van der Waals surface area contributed by atoms with Crippen molar-refractivity contribution in [1.82, 2.24) is 14.8 Å². The topological polar surface area (TPSA) is 85.8 Å². The zero-order valence-electron chi connectivity index (χ0n) is 14.4. The Labute approximate surface area is 160 Å². The Balaban J connectivity index is 1.49. The Bertz CT molecular complexity index is 1090. The van der Waals surface area contributed by atoms with Crippen LogP contribution in [-0.4, -0.2) is 26.4 Å². The highest BCUT2D eigenvalue weighted by atomic mass is 32.2. The zero-order valence-corrected chi connectivity index (χ0v) is 15.2. The molecule has 0 radical (unpaired) electrons. The van der Waals surface area contributed by atoms with Crippen LogP contribution >= 0.6 is 11.8 Å². The van der Waals surface area contributed by atoms with Gasteiger partial charge in [0.15, 0.2) is 5.16 Å². The van der Waals surface area contributed by atoms with Crippen LogP contribution in [0.3, 0.4) is 0 Å². The first-order valence-electron chi connectivity index (χ1n) is 8.39. The van der Waals surface area contributed by atoms with Crippen molar-refractivity contribution in [1.29, 1.82) is 0 Å². The van der Waals surface area contributed by atoms with E-state index in [1.54, 1.807) is 4.57 Å². The first-order chi connectivity index (χ1) is 13.2. The Hall–Kier alpha value is -3.32. The van der Waals surface area contributed by atoms with Crippen LogP contribution in [0.15, 0.2) is 78.0 Å². The highest BCUT2D eigenvalue weighted by Gasteiger charge is 2.14. The zero-order chi connectivity index (χ0) is 18.6. The molecule has 0 saturated heterocycles. The van der Waals surface area contributed by atoms with Gasteiger partial charge in [-0.3, -0.25) is 9.36 Å². The molecule has 0 unspecified atom stereocenters. The predicted octanol–water partition coefficient (Wildman–Crippen LogP) is 3.73. The quantitative estimate of drug-likeness (QED) is 0.519. The summed E-state index contributed by atoms with van der Waals surface area (Å²) in [5.74, 6) is 0.379. The van der Waals surface area contributed by atoms with Gasteiger partial charge in [-0.15, -0.1) is 10.2 Å². The number of hydrogen-bond donors (Lipinski definition) is 2. The van der Waals surface area contributed by atoms with Crippen LogP contribution in [0.2, 0.25) is 0 Å². The number of anilines is 2. The van der Waals surface area contributed by atoms with E-state index in [9.17, 15) is 4.79 Å². The number of carbonyl (C=O) groups excluding carboxylic acids is 1. The van der Waals surface area contributed by atoms with Crippen molar-refractivity contribution in [3.05, 3.63) is 72.8 Å². The van der Waals surface area contributed by atoms with Gasteiger partial charge in [-0.25, -0.2) is 0 Å². The molecule has 0 spiro atoms. The summed E-state index contributed by atoms with van der Waals surface area (Å²) < 4.78 is 1.73. The third-order valence-electron chi connectivity index (χ3n) is 4.07. The third-order valence-corrected chi connectivity index (χ3v) is 5.00. The molecule has 27 heavy (non-hydrogen) atoms. The summed E-state index contributed by atoms with van der Waals surface area (Å²) in [6.07, 6.45) is 0. The second kappa shape index (κ2) is 7.51. The maximum absolute atomic E-state index is 12.5. The van der Waals surface area contributed by atoms with Gasteiger partial charge in [0.25, 0.3) is 0 Å². The molecule has 0 aliphatic heterocycles. The number of nitrogens with two attached hydrogens (primary N) is 1. The largest absolute Gasteiger partial charge is 0.368 e. The molecule has 0 fully saturated rings. The van der Waals surface area contributed by atoms with Crippen LogP contribution in [0.5, 0.6) is 0 Å². The second-order valence-corrected chi connectivity index (χ2v) is 6.82. The molecular formula is C20H17N5OS. The number of nitrogen functional groups attached to an aromatic ring is 1. The van der Waals surface area contributed by atoms with Crippen molar-refractivity contribution in [2.24, 2.45) is 0 Å². The molecule has 6 nitrogen and oxygen atoms in total. The maximum Gasteiger partial charge on any atom is 0.234 e. The molecule has 3 aromatic carbocycles. The standard InChI is InChI=1S/C20H17N5OS/c21-19-23-24-20(25(19)15-9-2-1-3-10-15)27-13-18(26)22-17-12-6-8-14-7-4-5-11-16(14)17/h1-12H,13H2,(H2,21,23)(H,22,26). The smallest absolute Gasteiger partial charge is 0.234 e. The minimum absolute atomic E-state index is 0.113. The Morgan fingerprint density at radius 2 is 1.70 bits per heavy atom. The van der Waals surface area contributed by atoms with Crippen LogP contribution in [0, 0.1) is 0 Å². The minimum atomic E-state index is -0.113. The van der Waals surface area contributed by atoms with Gasteiger partial charge >= 0.3 is 0 Å². The molecular weight excluding hydrogens is 358 g/mol. The fraction of sp³-hybridized carbons (Fsp3) is 0.0500. The van der Waals surface area contributed by atoms with E-state index in [4.69, 9.17) is 5.73 Å². The van der Waals surface area contributed by atoms with Gasteiger partial charge in [0.2, 0.25) is 11.9 Å². The van der Waals surface area contributed by atoms with E-state index in [-0.39, 0.29) is 17.6 Å². The molecule has 4 aromatic rings. The van der Waals surface area contributed by atoms with Gasteiger partial charge < -0.3 is 11.1 Å². The number of para-hydroxylation sites is 1. The Morgan fingerprint density at radius 1 is 0.963 bits per heavy atom. The van der Waals surface area contributed by atoms with Gasteiger partial charge in [0, 0.05) is 11.1 Å².